The summed E-state index contributed by atoms with van der Waals surface area (Å²) in [7, 11) is 0.879. The van der Waals surface area contributed by atoms with Crippen molar-refractivity contribution in [3.8, 4) is 0 Å². The topological polar surface area (TPSA) is 49.9 Å². The van der Waals surface area contributed by atoms with Gasteiger partial charge in [0.25, 0.3) is 10.0 Å². The Bertz CT molecular complexity index is 646. The van der Waals surface area contributed by atoms with Crippen molar-refractivity contribution in [1.29, 1.82) is 0 Å². The van der Waals surface area contributed by atoms with Gasteiger partial charge in [-0.15, -0.1) is 11.3 Å². The summed E-state index contributed by atoms with van der Waals surface area (Å²) >= 11 is 1.31. The summed E-state index contributed by atoms with van der Waals surface area (Å²) < 4.78 is 33.8. The van der Waals surface area contributed by atoms with Crippen LogP contribution in [0.25, 0.3) is 0 Å². The van der Waals surface area contributed by atoms with Crippen LogP contribution in [0.2, 0.25) is 0 Å². The van der Waals surface area contributed by atoms with Gasteiger partial charge in [-0.1, -0.05) is 0 Å². The zero-order valence-electron chi connectivity index (χ0n) is 14.1. The molecule has 1 unspecified atom stereocenters. The van der Waals surface area contributed by atoms with Gasteiger partial charge in [0.05, 0.1) is 5.60 Å². The molecule has 2 fully saturated rings. The fraction of sp³-hybridized carbons (Fsp3) is 0.750. The first-order chi connectivity index (χ1) is 10.8. The van der Waals surface area contributed by atoms with E-state index in [9.17, 15) is 8.42 Å². The minimum absolute atomic E-state index is 0.135. The molecule has 5 nitrogen and oxygen atoms in total. The third kappa shape index (κ3) is 3.35. The Labute approximate surface area is 143 Å². The third-order valence-electron chi connectivity index (χ3n) is 5.22. The highest BCUT2D eigenvalue weighted by molar-refractivity contribution is 7.91. The molecule has 0 radical (unpaired) electrons. The molecular formula is C16H26N2O3S2. The largest absolute Gasteiger partial charge is 0.375 e. The summed E-state index contributed by atoms with van der Waals surface area (Å²) in [6.07, 6.45) is 3.65. The molecule has 2 saturated heterocycles. The van der Waals surface area contributed by atoms with Crippen molar-refractivity contribution in [2.45, 2.75) is 48.5 Å². The molecule has 3 heterocycles. The standard InChI is InChI=1S/C16H26N2O3S2/c1-13-5-11-22-15(13)23(19,20)18-8-6-16(7-9-18)12-14(17(2)3)4-10-21-16/h5,11,14H,4,6-10,12H2,1-3H3. The number of piperidine rings is 1. The number of hydrogen-bond acceptors (Lipinski definition) is 5. The molecule has 0 saturated carbocycles. The van der Waals surface area contributed by atoms with Crippen molar-refractivity contribution in [3.63, 3.8) is 0 Å². The van der Waals surface area contributed by atoms with E-state index in [0.29, 0.717) is 23.3 Å². The minimum Gasteiger partial charge on any atom is -0.375 e. The molecule has 23 heavy (non-hydrogen) atoms. The van der Waals surface area contributed by atoms with Crippen molar-refractivity contribution < 1.29 is 13.2 Å². The molecular weight excluding hydrogens is 332 g/mol. The molecule has 2 aliphatic rings. The predicted octanol–water partition coefficient (Wildman–Crippen LogP) is 2.32. The van der Waals surface area contributed by atoms with Gasteiger partial charge < -0.3 is 9.64 Å². The van der Waals surface area contributed by atoms with E-state index in [1.807, 2.05) is 18.4 Å². The smallest absolute Gasteiger partial charge is 0.252 e. The van der Waals surface area contributed by atoms with Gasteiger partial charge in [-0.2, -0.15) is 4.31 Å². The van der Waals surface area contributed by atoms with Crippen molar-refractivity contribution >= 4 is 21.4 Å². The maximum atomic E-state index is 12.8. The van der Waals surface area contributed by atoms with Gasteiger partial charge in [0.2, 0.25) is 0 Å². The Balaban J connectivity index is 1.70. The molecule has 1 aromatic heterocycles. The average Bonchev–Trinajstić information content (AvgIpc) is 2.95. The van der Waals surface area contributed by atoms with Crippen molar-refractivity contribution in [2.75, 3.05) is 33.8 Å². The summed E-state index contributed by atoms with van der Waals surface area (Å²) in [5, 5.41) is 1.85. The van der Waals surface area contributed by atoms with Crippen LogP contribution in [0.15, 0.2) is 15.7 Å². The second-order valence-electron chi connectivity index (χ2n) is 6.94. The highest BCUT2D eigenvalue weighted by Gasteiger charge is 2.43. The van der Waals surface area contributed by atoms with E-state index in [1.165, 1.54) is 11.3 Å². The Kier molecular flexibility index (Phi) is 4.86. The number of aryl methyl sites for hydroxylation is 1. The number of ether oxygens (including phenoxy) is 1. The molecule has 0 N–H and O–H groups in total. The summed E-state index contributed by atoms with van der Waals surface area (Å²) in [5.41, 5.74) is 0.709. The summed E-state index contributed by atoms with van der Waals surface area (Å²) in [6.45, 7) is 3.75. The maximum Gasteiger partial charge on any atom is 0.252 e. The van der Waals surface area contributed by atoms with Crippen LogP contribution in [0.3, 0.4) is 0 Å². The first-order valence-corrected chi connectivity index (χ1v) is 10.5. The van der Waals surface area contributed by atoms with Crippen LogP contribution >= 0.6 is 11.3 Å². The zero-order valence-corrected chi connectivity index (χ0v) is 15.8. The minimum atomic E-state index is -3.35. The van der Waals surface area contributed by atoms with Crippen LogP contribution in [0, 0.1) is 6.92 Å². The van der Waals surface area contributed by atoms with E-state index in [0.717, 1.165) is 37.9 Å². The van der Waals surface area contributed by atoms with E-state index in [1.54, 1.807) is 4.31 Å². The molecule has 0 bridgehead atoms. The fourth-order valence-corrected chi connectivity index (χ4v) is 6.66. The van der Waals surface area contributed by atoms with Crippen molar-refractivity contribution in [1.82, 2.24) is 9.21 Å². The highest BCUT2D eigenvalue weighted by atomic mass is 32.2. The Morgan fingerprint density at radius 3 is 2.61 bits per heavy atom. The van der Waals surface area contributed by atoms with E-state index >= 15 is 0 Å². The first kappa shape index (κ1) is 17.4. The molecule has 0 aliphatic carbocycles. The molecule has 0 amide bonds. The molecule has 2 aliphatic heterocycles. The highest BCUT2D eigenvalue weighted by Crippen LogP contribution is 2.38. The quantitative estimate of drug-likeness (QED) is 0.832. The number of rotatable bonds is 3. The summed E-state index contributed by atoms with van der Waals surface area (Å²) in [5.74, 6) is 0. The molecule has 1 spiro atoms. The van der Waals surface area contributed by atoms with Crippen LogP contribution < -0.4 is 0 Å². The van der Waals surface area contributed by atoms with Crippen LogP contribution in [0.4, 0.5) is 0 Å². The van der Waals surface area contributed by atoms with Gasteiger partial charge in [0.15, 0.2) is 0 Å². The van der Waals surface area contributed by atoms with Crippen LogP contribution in [-0.2, 0) is 14.8 Å². The summed E-state index contributed by atoms with van der Waals surface area (Å²) in [4.78, 5) is 2.27. The lowest BCUT2D eigenvalue weighted by Crippen LogP contribution is -2.53. The first-order valence-electron chi connectivity index (χ1n) is 8.19. The van der Waals surface area contributed by atoms with E-state index in [4.69, 9.17) is 4.74 Å². The van der Waals surface area contributed by atoms with Gasteiger partial charge in [0.1, 0.15) is 4.21 Å². The van der Waals surface area contributed by atoms with E-state index in [2.05, 4.69) is 19.0 Å². The Morgan fingerprint density at radius 1 is 1.35 bits per heavy atom. The Hall–Kier alpha value is -0.470. The lowest BCUT2D eigenvalue weighted by Gasteiger charge is -2.47. The SMILES string of the molecule is Cc1ccsc1S(=O)(=O)N1CCC2(CC1)CC(N(C)C)CCO2. The molecule has 1 aromatic rings. The zero-order chi connectivity index (χ0) is 16.7. The van der Waals surface area contributed by atoms with E-state index < -0.39 is 10.0 Å². The predicted molar refractivity (Wildman–Crippen MR) is 92.4 cm³/mol. The molecule has 3 rings (SSSR count). The van der Waals surface area contributed by atoms with Crippen LogP contribution in [-0.4, -0.2) is 63.1 Å². The van der Waals surface area contributed by atoms with Gasteiger partial charge in [-0.3, -0.25) is 0 Å². The number of nitrogens with zero attached hydrogens (tertiary/aromatic N) is 2. The van der Waals surface area contributed by atoms with Gasteiger partial charge in [0, 0.05) is 25.7 Å². The fourth-order valence-electron chi connectivity index (χ4n) is 3.67. The van der Waals surface area contributed by atoms with Gasteiger partial charge in [-0.05, 0) is 63.7 Å². The number of thiophene rings is 1. The molecule has 130 valence electrons. The summed E-state index contributed by atoms with van der Waals surface area (Å²) in [6, 6.07) is 2.40. The number of hydrogen-bond donors (Lipinski definition) is 0. The number of sulfonamides is 1. The van der Waals surface area contributed by atoms with Crippen LogP contribution in [0.1, 0.15) is 31.2 Å². The van der Waals surface area contributed by atoms with Gasteiger partial charge in [-0.25, -0.2) is 8.42 Å². The normalized spacial score (nSPS) is 26.0. The van der Waals surface area contributed by atoms with Gasteiger partial charge >= 0.3 is 0 Å². The van der Waals surface area contributed by atoms with Crippen LogP contribution in [0.5, 0.6) is 0 Å². The molecule has 7 heteroatoms. The van der Waals surface area contributed by atoms with E-state index in [-0.39, 0.29) is 5.60 Å². The average molecular weight is 359 g/mol. The maximum absolute atomic E-state index is 12.8. The van der Waals surface area contributed by atoms with Crippen molar-refractivity contribution in [3.05, 3.63) is 17.0 Å². The third-order valence-corrected chi connectivity index (χ3v) is 8.78. The van der Waals surface area contributed by atoms with Crippen molar-refractivity contribution in [2.24, 2.45) is 0 Å². The second-order valence-corrected chi connectivity index (χ2v) is 9.99. The second kappa shape index (κ2) is 6.44. The monoisotopic (exact) mass is 358 g/mol. The molecule has 1 atom stereocenters. The molecule has 0 aromatic carbocycles. The lowest BCUT2D eigenvalue weighted by atomic mass is 9.82. The Morgan fingerprint density at radius 2 is 2.04 bits per heavy atom. The lowest BCUT2D eigenvalue weighted by molar-refractivity contribution is -0.123.